The number of fused-ring (bicyclic) bond motifs is 2. The largest absolute Gasteiger partial charge is 0.490 e. The van der Waals surface area contributed by atoms with Crippen LogP contribution in [0.2, 0.25) is 0 Å². The number of carbonyl (C=O) groups is 1. The standard InChI is InChI=1S/C32H34N2O5/c1-6-37-25-16-23(9-10-24(25)38-13-11-19(2)3)29-28-30(35)27-21(5)14-20(4)15-26(27)39-31(28)32(36)34(29)18-22-8-7-12-33-17-22/h7-10,12,14-17,19,29H,6,11,13,18H2,1-5H3. The normalized spacial score (nSPS) is 14.8. The Kier molecular flexibility index (Phi) is 7.42. The van der Waals surface area contributed by atoms with Crippen molar-refractivity contribution in [1.29, 1.82) is 0 Å². The van der Waals surface area contributed by atoms with Gasteiger partial charge in [0.15, 0.2) is 16.9 Å². The number of carbonyl (C=O) groups excluding carboxylic acids is 1. The molecular formula is C32H34N2O5. The van der Waals surface area contributed by atoms with E-state index in [1.165, 1.54) is 0 Å². The van der Waals surface area contributed by atoms with Gasteiger partial charge in [0, 0.05) is 18.9 Å². The molecular weight excluding hydrogens is 492 g/mol. The van der Waals surface area contributed by atoms with Crippen molar-refractivity contribution in [3.8, 4) is 11.5 Å². The molecule has 1 unspecified atom stereocenters. The third-order valence-electron chi connectivity index (χ3n) is 7.02. The Morgan fingerprint density at radius 3 is 2.59 bits per heavy atom. The second-order valence-corrected chi connectivity index (χ2v) is 10.5. The lowest BCUT2D eigenvalue weighted by Crippen LogP contribution is -2.29. The number of hydrogen-bond acceptors (Lipinski definition) is 6. The highest BCUT2D eigenvalue weighted by Gasteiger charge is 2.43. The molecule has 0 spiro atoms. The molecule has 4 aromatic rings. The van der Waals surface area contributed by atoms with Crippen molar-refractivity contribution < 1.29 is 18.7 Å². The number of aryl methyl sites for hydroxylation is 2. The van der Waals surface area contributed by atoms with Crippen LogP contribution < -0.4 is 14.9 Å². The predicted molar refractivity (Wildman–Crippen MR) is 150 cm³/mol. The highest BCUT2D eigenvalue weighted by molar-refractivity contribution is 5.99. The molecule has 0 bridgehead atoms. The summed E-state index contributed by atoms with van der Waals surface area (Å²) in [6.45, 7) is 11.4. The quantitative estimate of drug-likeness (QED) is 0.252. The van der Waals surface area contributed by atoms with Crippen molar-refractivity contribution in [2.75, 3.05) is 13.2 Å². The molecule has 7 nitrogen and oxygen atoms in total. The van der Waals surface area contributed by atoms with Gasteiger partial charge in [0.25, 0.3) is 5.91 Å². The molecule has 5 rings (SSSR count). The van der Waals surface area contributed by atoms with Gasteiger partial charge in [-0.25, -0.2) is 0 Å². The highest BCUT2D eigenvalue weighted by atomic mass is 16.5. The van der Waals surface area contributed by atoms with Crippen molar-refractivity contribution in [3.63, 3.8) is 0 Å². The Balaban J connectivity index is 1.66. The Labute approximate surface area is 228 Å². The summed E-state index contributed by atoms with van der Waals surface area (Å²) in [6.07, 6.45) is 4.34. The molecule has 7 heteroatoms. The first-order valence-corrected chi connectivity index (χ1v) is 13.5. The zero-order valence-corrected chi connectivity index (χ0v) is 23.1. The molecule has 0 N–H and O–H groups in total. The molecule has 0 radical (unpaired) electrons. The van der Waals surface area contributed by atoms with Crippen molar-refractivity contribution in [2.24, 2.45) is 5.92 Å². The number of ether oxygens (including phenoxy) is 2. The lowest BCUT2D eigenvalue weighted by atomic mass is 9.96. The van der Waals surface area contributed by atoms with Crippen LogP contribution in [0.15, 0.2) is 64.1 Å². The number of amides is 1. The second kappa shape index (κ2) is 10.9. The van der Waals surface area contributed by atoms with Gasteiger partial charge in [-0.15, -0.1) is 0 Å². The van der Waals surface area contributed by atoms with Gasteiger partial charge in [0.2, 0.25) is 5.76 Å². The molecule has 0 saturated carbocycles. The fourth-order valence-electron chi connectivity index (χ4n) is 5.20. The first kappa shape index (κ1) is 26.5. The van der Waals surface area contributed by atoms with E-state index in [-0.39, 0.29) is 23.6 Å². The summed E-state index contributed by atoms with van der Waals surface area (Å²) in [6, 6.07) is 12.5. The van der Waals surface area contributed by atoms with E-state index < -0.39 is 6.04 Å². The number of pyridine rings is 1. The minimum absolute atomic E-state index is 0.0848. The zero-order chi connectivity index (χ0) is 27.7. The van der Waals surface area contributed by atoms with Crippen molar-refractivity contribution in [3.05, 3.63) is 98.7 Å². The number of aromatic nitrogens is 1. The molecule has 3 heterocycles. The molecule has 1 aliphatic heterocycles. The van der Waals surface area contributed by atoms with Crippen LogP contribution >= 0.6 is 0 Å². The van der Waals surface area contributed by atoms with E-state index in [9.17, 15) is 9.59 Å². The van der Waals surface area contributed by atoms with Crippen LogP contribution in [0.3, 0.4) is 0 Å². The van der Waals surface area contributed by atoms with Gasteiger partial charge in [0.1, 0.15) is 5.58 Å². The summed E-state index contributed by atoms with van der Waals surface area (Å²) in [7, 11) is 0. The van der Waals surface area contributed by atoms with Crippen LogP contribution in [0, 0.1) is 19.8 Å². The van der Waals surface area contributed by atoms with E-state index in [0.717, 1.165) is 28.7 Å². The average Bonchev–Trinajstić information content (AvgIpc) is 3.16. The molecule has 0 fully saturated rings. The summed E-state index contributed by atoms with van der Waals surface area (Å²) in [5, 5.41) is 0.499. The Morgan fingerprint density at radius 2 is 1.87 bits per heavy atom. The van der Waals surface area contributed by atoms with E-state index in [1.54, 1.807) is 17.3 Å². The fraction of sp³-hybridized carbons (Fsp3) is 0.344. The Bertz CT molecular complexity index is 1580. The van der Waals surface area contributed by atoms with Crippen LogP contribution in [-0.2, 0) is 6.54 Å². The molecule has 202 valence electrons. The predicted octanol–water partition coefficient (Wildman–Crippen LogP) is 6.37. The van der Waals surface area contributed by atoms with Crippen molar-refractivity contribution in [1.82, 2.24) is 9.88 Å². The van der Waals surface area contributed by atoms with Crippen molar-refractivity contribution in [2.45, 2.75) is 53.6 Å². The molecule has 1 aliphatic rings. The monoisotopic (exact) mass is 526 g/mol. The van der Waals surface area contributed by atoms with Gasteiger partial charge < -0.3 is 18.8 Å². The van der Waals surface area contributed by atoms with Crippen LogP contribution in [0.1, 0.15) is 71.6 Å². The Hall–Kier alpha value is -4.13. The minimum Gasteiger partial charge on any atom is -0.490 e. The van der Waals surface area contributed by atoms with Gasteiger partial charge in [-0.1, -0.05) is 32.0 Å². The van der Waals surface area contributed by atoms with Gasteiger partial charge in [-0.2, -0.15) is 0 Å². The van der Waals surface area contributed by atoms with E-state index in [4.69, 9.17) is 13.9 Å². The van der Waals surface area contributed by atoms with E-state index in [0.29, 0.717) is 47.2 Å². The molecule has 39 heavy (non-hydrogen) atoms. The molecule has 0 aliphatic carbocycles. The fourth-order valence-corrected chi connectivity index (χ4v) is 5.20. The van der Waals surface area contributed by atoms with Crippen LogP contribution in [0.4, 0.5) is 0 Å². The maximum Gasteiger partial charge on any atom is 0.291 e. The summed E-state index contributed by atoms with van der Waals surface area (Å²) in [4.78, 5) is 33.8. The molecule has 1 atom stereocenters. The smallest absolute Gasteiger partial charge is 0.291 e. The summed E-state index contributed by atoms with van der Waals surface area (Å²) in [5.74, 6) is 1.50. The first-order chi connectivity index (χ1) is 18.8. The van der Waals surface area contributed by atoms with E-state index in [2.05, 4.69) is 18.8 Å². The number of benzene rings is 2. The van der Waals surface area contributed by atoms with E-state index >= 15 is 0 Å². The zero-order valence-electron chi connectivity index (χ0n) is 23.1. The van der Waals surface area contributed by atoms with Crippen LogP contribution in [0.25, 0.3) is 11.0 Å². The SMILES string of the molecule is CCOc1cc(C2c3c(oc4cc(C)cc(C)c4c3=O)C(=O)N2Cc2cccnc2)ccc1OCCC(C)C. The average molecular weight is 527 g/mol. The summed E-state index contributed by atoms with van der Waals surface area (Å²) in [5.41, 5.74) is 3.98. The molecule has 1 amide bonds. The molecule has 0 saturated heterocycles. The van der Waals surface area contributed by atoms with Gasteiger partial charge in [0.05, 0.1) is 30.2 Å². The molecule has 2 aromatic heterocycles. The van der Waals surface area contributed by atoms with Gasteiger partial charge in [-0.3, -0.25) is 14.6 Å². The maximum atomic E-state index is 14.1. The topological polar surface area (TPSA) is 81.9 Å². The number of nitrogens with zero attached hydrogens (tertiary/aromatic N) is 2. The lowest BCUT2D eigenvalue weighted by Gasteiger charge is -2.26. The number of rotatable bonds is 9. The highest BCUT2D eigenvalue weighted by Crippen LogP contribution is 2.42. The first-order valence-electron chi connectivity index (χ1n) is 13.5. The van der Waals surface area contributed by atoms with Gasteiger partial charge >= 0.3 is 0 Å². The lowest BCUT2D eigenvalue weighted by molar-refractivity contribution is 0.0714. The van der Waals surface area contributed by atoms with E-state index in [1.807, 2.05) is 63.2 Å². The summed E-state index contributed by atoms with van der Waals surface area (Å²) < 4.78 is 18.2. The van der Waals surface area contributed by atoms with Crippen molar-refractivity contribution >= 4 is 16.9 Å². The van der Waals surface area contributed by atoms with Gasteiger partial charge in [-0.05, 0) is 79.6 Å². The maximum absolute atomic E-state index is 14.1. The Morgan fingerprint density at radius 1 is 1.05 bits per heavy atom. The molecule has 2 aromatic carbocycles. The van der Waals surface area contributed by atoms with Crippen LogP contribution in [-0.4, -0.2) is 29.0 Å². The number of hydrogen-bond donors (Lipinski definition) is 0. The second-order valence-electron chi connectivity index (χ2n) is 10.5. The third kappa shape index (κ3) is 5.13. The minimum atomic E-state index is -0.655. The van der Waals surface area contributed by atoms with Crippen LogP contribution in [0.5, 0.6) is 11.5 Å². The summed E-state index contributed by atoms with van der Waals surface area (Å²) >= 11 is 0. The third-order valence-corrected chi connectivity index (χ3v) is 7.02.